The van der Waals surface area contributed by atoms with Crippen molar-refractivity contribution in [3.05, 3.63) is 41.4 Å². The summed E-state index contributed by atoms with van der Waals surface area (Å²) in [5.74, 6) is -0.253. The second-order valence-electron chi connectivity index (χ2n) is 4.24. The first-order valence-corrected chi connectivity index (χ1v) is 6.07. The molecule has 0 fully saturated rings. The largest absolute Gasteiger partial charge is 0.305 e. The Labute approximate surface area is 108 Å². The van der Waals surface area contributed by atoms with E-state index in [-0.39, 0.29) is 5.82 Å². The third-order valence-corrected chi connectivity index (χ3v) is 2.72. The maximum atomic E-state index is 12.8. The highest BCUT2D eigenvalue weighted by Gasteiger charge is 2.03. The molecule has 0 unspecified atom stereocenters. The highest BCUT2D eigenvalue weighted by molar-refractivity contribution is 5.95. The van der Waals surface area contributed by atoms with Crippen molar-refractivity contribution in [3.63, 3.8) is 0 Å². The van der Waals surface area contributed by atoms with Gasteiger partial charge in [-0.15, -0.1) is 0 Å². The maximum Gasteiger partial charge on any atom is 0.123 e. The van der Waals surface area contributed by atoms with Crippen LogP contribution in [0.4, 0.5) is 10.1 Å². The van der Waals surface area contributed by atoms with E-state index in [4.69, 9.17) is 5.41 Å². The van der Waals surface area contributed by atoms with Gasteiger partial charge < -0.3 is 16.3 Å². The zero-order valence-corrected chi connectivity index (χ0v) is 11.1. The molecule has 4 heteroatoms. The topological polar surface area (TPSA) is 47.9 Å². The normalized spacial score (nSPS) is 11.8. The number of hydrogen-bond acceptors (Lipinski definition) is 3. The molecule has 0 aliphatic carbocycles. The lowest BCUT2D eigenvalue weighted by Gasteiger charge is -2.15. The van der Waals surface area contributed by atoms with E-state index in [9.17, 15) is 4.39 Å². The average molecular weight is 249 g/mol. The van der Waals surface area contributed by atoms with Gasteiger partial charge in [0.25, 0.3) is 0 Å². The lowest BCUT2D eigenvalue weighted by atomic mass is 10.1. The van der Waals surface area contributed by atoms with Crippen molar-refractivity contribution < 1.29 is 4.39 Å². The van der Waals surface area contributed by atoms with E-state index in [0.29, 0.717) is 5.71 Å². The van der Waals surface area contributed by atoms with Crippen LogP contribution in [0.1, 0.15) is 33.6 Å². The molecule has 1 aromatic rings. The molecule has 0 aliphatic heterocycles. The van der Waals surface area contributed by atoms with E-state index >= 15 is 0 Å². The lowest BCUT2D eigenvalue weighted by Crippen LogP contribution is -2.23. The Morgan fingerprint density at radius 1 is 1.22 bits per heavy atom. The summed E-state index contributed by atoms with van der Waals surface area (Å²) in [7, 11) is 0. The summed E-state index contributed by atoms with van der Waals surface area (Å²) in [6, 6.07) is 6.14. The zero-order valence-electron chi connectivity index (χ0n) is 11.1. The summed E-state index contributed by atoms with van der Waals surface area (Å²) in [6.07, 6.45) is 1.87. The van der Waals surface area contributed by atoms with Gasteiger partial charge in [-0.2, -0.15) is 0 Å². The quantitative estimate of drug-likeness (QED) is 0.529. The summed E-state index contributed by atoms with van der Waals surface area (Å²) in [5.41, 5.74) is 9.40. The first-order chi connectivity index (χ1) is 8.54. The number of hydrazine groups is 1. The molecule has 3 N–H and O–H groups in total. The van der Waals surface area contributed by atoms with E-state index in [1.54, 1.807) is 19.1 Å². The molecule has 0 atom stereocenters. The maximum absolute atomic E-state index is 12.8. The van der Waals surface area contributed by atoms with Crippen molar-refractivity contribution in [2.75, 3.05) is 5.43 Å². The highest BCUT2D eigenvalue weighted by Crippen LogP contribution is 2.11. The number of benzene rings is 1. The number of allylic oxidation sites excluding steroid dienone is 2. The van der Waals surface area contributed by atoms with Crippen LogP contribution in [0.15, 0.2) is 35.5 Å². The van der Waals surface area contributed by atoms with Gasteiger partial charge in [0.15, 0.2) is 0 Å². The Morgan fingerprint density at radius 3 is 2.33 bits per heavy atom. The molecule has 3 nitrogen and oxygen atoms in total. The van der Waals surface area contributed by atoms with E-state index in [2.05, 4.69) is 17.8 Å². The van der Waals surface area contributed by atoms with Crippen molar-refractivity contribution in [2.45, 2.75) is 33.6 Å². The van der Waals surface area contributed by atoms with Crippen molar-refractivity contribution in [1.82, 2.24) is 5.43 Å². The first kappa shape index (κ1) is 14.2. The van der Waals surface area contributed by atoms with Crippen LogP contribution in [0.5, 0.6) is 0 Å². The van der Waals surface area contributed by atoms with Crippen LogP contribution in [0.2, 0.25) is 0 Å². The van der Waals surface area contributed by atoms with Gasteiger partial charge in [-0.05, 0) is 50.1 Å². The fourth-order valence-electron chi connectivity index (χ4n) is 1.50. The van der Waals surface area contributed by atoms with Gasteiger partial charge in [-0.1, -0.05) is 13.3 Å². The standard InChI is InChI=1S/C14H20FN3/c1-4-5-14(10(2)11(3)16)18-17-13-8-6-12(15)7-9-13/h6-9,16-18H,4-5H2,1-3H3. The van der Waals surface area contributed by atoms with E-state index < -0.39 is 0 Å². The van der Waals surface area contributed by atoms with Crippen LogP contribution in [-0.2, 0) is 0 Å². The molecule has 0 saturated heterocycles. The van der Waals surface area contributed by atoms with E-state index in [0.717, 1.165) is 29.8 Å². The third-order valence-electron chi connectivity index (χ3n) is 2.72. The third kappa shape index (κ3) is 4.20. The van der Waals surface area contributed by atoms with Crippen LogP contribution in [0.3, 0.4) is 0 Å². The minimum absolute atomic E-state index is 0.253. The fraction of sp³-hybridized carbons (Fsp3) is 0.357. The molecule has 98 valence electrons. The molecule has 1 aromatic carbocycles. The van der Waals surface area contributed by atoms with Gasteiger partial charge in [0.2, 0.25) is 0 Å². The van der Waals surface area contributed by atoms with Crippen LogP contribution >= 0.6 is 0 Å². The Kier molecular flexibility index (Phi) is 5.36. The van der Waals surface area contributed by atoms with E-state index in [1.165, 1.54) is 12.1 Å². The fourth-order valence-corrected chi connectivity index (χ4v) is 1.50. The van der Waals surface area contributed by atoms with Gasteiger partial charge in [0.1, 0.15) is 5.82 Å². The average Bonchev–Trinajstić information content (AvgIpc) is 2.35. The van der Waals surface area contributed by atoms with E-state index in [1.807, 2.05) is 6.92 Å². The van der Waals surface area contributed by atoms with Gasteiger partial charge in [0, 0.05) is 11.4 Å². The summed E-state index contributed by atoms with van der Waals surface area (Å²) in [4.78, 5) is 0. The minimum Gasteiger partial charge on any atom is -0.305 e. The molecular formula is C14H20FN3. The molecule has 0 aliphatic rings. The van der Waals surface area contributed by atoms with Crippen molar-refractivity contribution in [3.8, 4) is 0 Å². The monoisotopic (exact) mass is 249 g/mol. The van der Waals surface area contributed by atoms with Gasteiger partial charge in [0.05, 0.1) is 5.69 Å². The summed E-state index contributed by atoms with van der Waals surface area (Å²) in [5, 5.41) is 7.65. The Bertz CT molecular complexity index is 435. The van der Waals surface area contributed by atoms with Crippen LogP contribution in [-0.4, -0.2) is 5.71 Å². The Hall–Kier alpha value is -1.84. The summed E-state index contributed by atoms with van der Waals surface area (Å²) < 4.78 is 12.8. The number of hydrogen-bond donors (Lipinski definition) is 3. The number of anilines is 1. The molecule has 0 aromatic heterocycles. The molecule has 0 saturated carbocycles. The lowest BCUT2D eigenvalue weighted by molar-refractivity contribution is 0.628. The van der Waals surface area contributed by atoms with Crippen LogP contribution in [0.25, 0.3) is 0 Å². The molecule has 0 heterocycles. The molecular weight excluding hydrogens is 229 g/mol. The predicted octanol–water partition coefficient (Wildman–Crippen LogP) is 3.86. The van der Waals surface area contributed by atoms with Gasteiger partial charge in [-0.25, -0.2) is 4.39 Å². The molecule has 0 radical (unpaired) electrons. The van der Waals surface area contributed by atoms with Crippen molar-refractivity contribution in [2.24, 2.45) is 0 Å². The summed E-state index contributed by atoms with van der Waals surface area (Å²) >= 11 is 0. The van der Waals surface area contributed by atoms with Crippen LogP contribution < -0.4 is 10.9 Å². The van der Waals surface area contributed by atoms with Gasteiger partial charge in [-0.3, -0.25) is 0 Å². The number of nitrogens with one attached hydrogen (secondary N) is 3. The second-order valence-corrected chi connectivity index (χ2v) is 4.24. The smallest absolute Gasteiger partial charge is 0.123 e. The molecule has 0 amide bonds. The number of halogens is 1. The molecule has 0 bridgehead atoms. The first-order valence-electron chi connectivity index (χ1n) is 6.07. The van der Waals surface area contributed by atoms with Gasteiger partial charge >= 0.3 is 0 Å². The Balaban J connectivity index is 2.71. The second kappa shape index (κ2) is 6.79. The minimum atomic E-state index is -0.253. The summed E-state index contributed by atoms with van der Waals surface area (Å²) in [6.45, 7) is 5.78. The van der Waals surface area contributed by atoms with Crippen molar-refractivity contribution >= 4 is 11.4 Å². The Morgan fingerprint density at radius 2 is 1.83 bits per heavy atom. The van der Waals surface area contributed by atoms with Crippen molar-refractivity contribution in [1.29, 1.82) is 5.41 Å². The molecule has 18 heavy (non-hydrogen) atoms. The van der Waals surface area contributed by atoms with Crippen LogP contribution in [0, 0.1) is 11.2 Å². The molecule has 1 rings (SSSR count). The zero-order chi connectivity index (χ0) is 13.5. The predicted molar refractivity (Wildman–Crippen MR) is 74.2 cm³/mol. The number of rotatable bonds is 6. The SMILES string of the molecule is CCCC(NNc1ccc(F)cc1)=C(C)C(C)=N. The highest BCUT2D eigenvalue weighted by atomic mass is 19.1. The molecule has 0 spiro atoms.